The predicted molar refractivity (Wildman–Crippen MR) is 78.0 cm³/mol. The quantitative estimate of drug-likeness (QED) is 0.832. The molecular weight excluding hydrogens is 282 g/mol. The zero-order valence-corrected chi connectivity index (χ0v) is 12.1. The zero-order valence-electron chi connectivity index (χ0n) is 10.5. The number of nitrogens with one attached hydrogen (secondary N) is 1. The van der Waals surface area contributed by atoms with Crippen molar-refractivity contribution in [2.45, 2.75) is 32.0 Å². The van der Waals surface area contributed by atoms with Gasteiger partial charge in [0, 0.05) is 42.9 Å². The van der Waals surface area contributed by atoms with E-state index in [1.807, 2.05) is 29.1 Å². The van der Waals surface area contributed by atoms with Crippen molar-refractivity contribution in [1.82, 2.24) is 14.5 Å². The number of halogens is 1. The van der Waals surface area contributed by atoms with Crippen molar-refractivity contribution in [2.75, 3.05) is 6.54 Å². The summed E-state index contributed by atoms with van der Waals surface area (Å²) in [4.78, 5) is 13.2. The van der Waals surface area contributed by atoms with E-state index >= 15 is 0 Å². The van der Waals surface area contributed by atoms with E-state index < -0.39 is 0 Å². The van der Waals surface area contributed by atoms with Crippen LogP contribution in [0.15, 0.2) is 29.3 Å². The molecule has 1 aliphatic rings. The minimum absolute atomic E-state index is 0.114. The summed E-state index contributed by atoms with van der Waals surface area (Å²) in [5.74, 6) is 0. The molecule has 0 aromatic carbocycles. The third-order valence-corrected chi connectivity index (χ3v) is 4.50. The summed E-state index contributed by atoms with van der Waals surface area (Å²) in [6.45, 7) is 2.29. The molecule has 3 rings (SSSR count). The molecule has 19 heavy (non-hydrogen) atoms. The maximum Gasteiger partial charge on any atom is 0.328 e. The van der Waals surface area contributed by atoms with E-state index in [0.717, 1.165) is 30.3 Å². The van der Waals surface area contributed by atoms with Gasteiger partial charge in [-0.3, -0.25) is 9.13 Å². The molecule has 0 saturated heterocycles. The van der Waals surface area contributed by atoms with Gasteiger partial charge in [-0.2, -0.15) is 0 Å². The summed E-state index contributed by atoms with van der Waals surface area (Å²) in [5, 5.41) is 3.33. The van der Waals surface area contributed by atoms with Crippen LogP contribution < -0.4 is 11.0 Å². The summed E-state index contributed by atoms with van der Waals surface area (Å²) in [5.41, 5.74) is 0.114. The SMILES string of the molecule is O=c1n(CCNCc2ccc(Cl)s2)ccn1C1CC1. The average molecular weight is 298 g/mol. The number of imidazole rings is 1. The number of thiophene rings is 1. The highest BCUT2D eigenvalue weighted by atomic mass is 35.5. The molecule has 1 saturated carbocycles. The lowest BCUT2D eigenvalue weighted by Crippen LogP contribution is -2.28. The third kappa shape index (κ3) is 3.11. The highest BCUT2D eigenvalue weighted by Crippen LogP contribution is 2.33. The summed E-state index contributed by atoms with van der Waals surface area (Å²) >= 11 is 7.45. The second kappa shape index (κ2) is 5.53. The Balaban J connectivity index is 1.48. The summed E-state index contributed by atoms with van der Waals surface area (Å²) in [6, 6.07) is 4.38. The van der Waals surface area contributed by atoms with E-state index in [1.165, 1.54) is 4.88 Å². The average Bonchev–Trinajstić information content (AvgIpc) is 3.05. The van der Waals surface area contributed by atoms with E-state index in [9.17, 15) is 4.79 Å². The van der Waals surface area contributed by atoms with E-state index in [1.54, 1.807) is 15.9 Å². The van der Waals surface area contributed by atoms with E-state index in [0.29, 0.717) is 12.6 Å². The van der Waals surface area contributed by atoms with Crippen LogP contribution in [0.1, 0.15) is 23.8 Å². The van der Waals surface area contributed by atoms with E-state index in [2.05, 4.69) is 5.32 Å². The fraction of sp³-hybridized carbons (Fsp3) is 0.462. The maximum absolute atomic E-state index is 12.0. The first-order chi connectivity index (χ1) is 9.24. The van der Waals surface area contributed by atoms with Gasteiger partial charge in [0.25, 0.3) is 0 Å². The third-order valence-electron chi connectivity index (χ3n) is 3.27. The fourth-order valence-corrected chi connectivity index (χ4v) is 3.14. The molecule has 0 radical (unpaired) electrons. The highest BCUT2D eigenvalue weighted by molar-refractivity contribution is 7.16. The normalized spacial score (nSPS) is 15.0. The second-order valence-electron chi connectivity index (χ2n) is 4.80. The Labute approximate surface area is 120 Å². The molecule has 0 spiro atoms. The summed E-state index contributed by atoms with van der Waals surface area (Å²) in [7, 11) is 0. The molecular formula is C13H16ClN3OS. The van der Waals surface area contributed by atoms with Crippen LogP contribution in [-0.4, -0.2) is 15.7 Å². The van der Waals surface area contributed by atoms with E-state index in [4.69, 9.17) is 11.6 Å². The van der Waals surface area contributed by atoms with Crippen LogP contribution in [0.2, 0.25) is 4.34 Å². The van der Waals surface area contributed by atoms with Crippen LogP contribution in [0, 0.1) is 0 Å². The van der Waals surface area contributed by atoms with Crippen LogP contribution in [0.4, 0.5) is 0 Å². The molecule has 0 amide bonds. The van der Waals surface area contributed by atoms with Crippen molar-refractivity contribution in [3.05, 3.63) is 44.2 Å². The lowest BCUT2D eigenvalue weighted by atomic mass is 10.4. The lowest BCUT2D eigenvalue weighted by molar-refractivity contribution is 0.570. The molecule has 0 bridgehead atoms. The lowest BCUT2D eigenvalue weighted by Gasteiger charge is -2.03. The molecule has 4 nitrogen and oxygen atoms in total. The summed E-state index contributed by atoms with van der Waals surface area (Å²) in [6.07, 6.45) is 6.06. The number of hydrogen-bond acceptors (Lipinski definition) is 3. The fourth-order valence-electron chi connectivity index (χ4n) is 2.09. The van der Waals surface area contributed by atoms with Crippen molar-refractivity contribution in [3.63, 3.8) is 0 Å². The van der Waals surface area contributed by atoms with Crippen LogP contribution in [0.5, 0.6) is 0 Å². The minimum Gasteiger partial charge on any atom is -0.310 e. The predicted octanol–water partition coefficient (Wildman–Crippen LogP) is 2.49. The van der Waals surface area contributed by atoms with Gasteiger partial charge in [-0.05, 0) is 25.0 Å². The molecule has 0 atom stereocenters. The molecule has 1 N–H and O–H groups in total. The molecule has 2 aromatic heterocycles. The van der Waals surface area contributed by atoms with Crippen molar-refractivity contribution in [3.8, 4) is 0 Å². The topological polar surface area (TPSA) is 39.0 Å². The molecule has 6 heteroatoms. The molecule has 1 fully saturated rings. The van der Waals surface area contributed by atoms with Gasteiger partial charge >= 0.3 is 5.69 Å². The van der Waals surface area contributed by atoms with Crippen LogP contribution in [0.25, 0.3) is 0 Å². The van der Waals surface area contributed by atoms with Crippen molar-refractivity contribution >= 4 is 22.9 Å². The maximum atomic E-state index is 12.0. The second-order valence-corrected chi connectivity index (χ2v) is 6.59. The Morgan fingerprint density at radius 1 is 1.37 bits per heavy atom. The monoisotopic (exact) mass is 297 g/mol. The molecule has 2 aromatic rings. The number of hydrogen-bond donors (Lipinski definition) is 1. The van der Waals surface area contributed by atoms with Crippen molar-refractivity contribution in [1.29, 1.82) is 0 Å². The van der Waals surface area contributed by atoms with Crippen molar-refractivity contribution < 1.29 is 0 Å². The van der Waals surface area contributed by atoms with Gasteiger partial charge in [0.2, 0.25) is 0 Å². The molecule has 0 aliphatic heterocycles. The first-order valence-electron chi connectivity index (χ1n) is 6.46. The number of aromatic nitrogens is 2. The Hall–Kier alpha value is -1.04. The van der Waals surface area contributed by atoms with Crippen molar-refractivity contribution in [2.24, 2.45) is 0 Å². The first-order valence-corrected chi connectivity index (χ1v) is 7.66. The van der Waals surface area contributed by atoms with Gasteiger partial charge in [0.1, 0.15) is 0 Å². The Morgan fingerprint density at radius 3 is 2.89 bits per heavy atom. The minimum atomic E-state index is 0.114. The molecule has 102 valence electrons. The standard InChI is InChI=1S/C13H16ClN3OS/c14-12-4-3-11(19-12)9-15-5-6-16-7-8-17(13(16)18)10-1-2-10/h3-4,7-8,10,15H,1-2,5-6,9H2. The van der Waals surface area contributed by atoms with Gasteiger partial charge in [-0.15, -0.1) is 11.3 Å². The van der Waals surface area contributed by atoms with Gasteiger partial charge in [0.05, 0.1) is 4.34 Å². The van der Waals surface area contributed by atoms with Gasteiger partial charge in [-0.25, -0.2) is 4.79 Å². The van der Waals surface area contributed by atoms with Gasteiger partial charge < -0.3 is 5.32 Å². The zero-order chi connectivity index (χ0) is 13.2. The van der Waals surface area contributed by atoms with Crippen LogP contribution >= 0.6 is 22.9 Å². The highest BCUT2D eigenvalue weighted by Gasteiger charge is 2.25. The van der Waals surface area contributed by atoms with Gasteiger partial charge in [-0.1, -0.05) is 11.6 Å². The largest absolute Gasteiger partial charge is 0.328 e. The first kappa shape index (κ1) is 13.0. The van der Waals surface area contributed by atoms with Crippen LogP contribution in [0.3, 0.4) is 0 Å². The van der Waals surface area contributed by atoms with Crippen LogP contribution in [-0.2, 0) is 13.1 Å². The molecule has 0 unspecified atom stereocenters. The number of rotatable bonds is 6. The molecule has 2 heterocycles. The number of nitrogens with zero attached hydrogens (tertiary/aromatic N) is 2. The van der Waals surface area contributed by atoms with Gasteiger partial charge in [0.15, 0.2) is 0 Å². The Kier molecular flexibility index (Phi) is 3.77. The Bertz CT molecular complexity index is 611. The summed E-state index contributed by atoms with van der Waals surface area (Å²) < 4.78 is 4.43. The smallest absolute Gasteiger partial charge is 0.310 e. The molecule has 1 aliphatic carbocycles. The van der Waals surface area contributed by atoms with E-state index in [-0.39, 0.29) is 5.69 Å². The Morgan fingerprint density at radius 2 is 2.21 bits per heavy atom.